The highest BCUT2D eigenvalue weighted by Crippen LogP contribution is 2.58. The van der Waals surface area contributed by atoms with E-state index in [2.05, 4.69) is 24.4 Å². The number of allylic oxidation sites excluding steroid dienone is 7. The molecule has 0 saturated carbocycles. The Labute approximate surface area is 261 Å². The van der Waals surface area contributed by atoms with Crippen molar-refractivity contribution in [3.8, 4) is 24.3 Å². The summed E-state index contributed by atoms with van der Waals surface area (Å²) in [5.74, 6) is -6.99. The highest BCUT2D eigenvalue weighted by Gasteiger charge is 2.44. The van der Waals surface area contributed by atoms with Crippen molar-refractivity contribution in [1.29, 1.82) is 21.0 Å². The van der Waals surface area contributed by atoms with Gasteiger partial charge in [0.05, 0.1) is 49.6 Å². The van der Waals surface area contributed by atoms with Crippen LogP contribution in [0.15, 0.2) is 35.8 Å². The molecule has 5 rings (SSSR count). The molecule has 0 unspecified atom stereocenters. The Morgan fingerprint density at radius 3 is 1.79 bits per heavy atom. The topological polar surface area (TPSA) is 125 Å². The fourth-order valence-corrected chi connectivity index (χ4v) is 5.40. The predicted octanol–water partition coefficient (Wildman–Crippen LogP) is 7.76. The van der Waals surface area contributed by atoms with Crippen LogP contribution in [0.5, 0.6) is 0 Å². The van der Waals surface area contributed by atoms with E-state index >= 15 is 13.2 Å². The van der Waals surface area contributed by atoms with Gasteiger partial charge in [0, 0.05) is 56.8 Å². The van der Waals surface area contributed by atoms with Crippen molar-refractivity contribution >= 4 is 39.2 Å². The summed E-state index contributed by atoms with van der Waals surface area (Å²) in [6, 6.07) is 7.80. The van der Waals surface area contributed by atoms with Gasteiger partial charge in [-0.2, -0.15) is 14.9 Å². The van der Waals surface area contributed by atoms with Crippen LogP contribution in [0.3, 0.4) is 0 Å². The number of aromatic nitrogens is 1. The van der Waals surface area contributed by atoms with Crippen molar-refractivity contribution in [3.63, 3.8) is 0 Å². The molecule has 9 nitrogen and oxygen atoms in total. The minimum atomic E-state index is -1.58. The first-order chi connectivity index (χ1) is 22.6. The van der Waals surface area contributed by atoms with Gasteiger partial charge < -0.3 is 0 Å². The Morgan fingerprint density at radius 1 is 0.660 bits per heavy atom. The van der Waals surface area contributed by atoms with Gasteiger partial charge in [0.2, 0.25) is 17.3 Å². The number of halogens is 5. The Hall–Kier alpha value is -7.88. The zero-order valence-corrected chi connectivity index (χ0v) is 22.7. The van der Waals surface area contributed by atoms with E-state index in [1.54, 1.807) is 12.1 Å². The zero-order chi connectivity index (χ0) is 34.3. The molecule has 0 saturated heterocycles. The van der Waals surface area contributed by atoms with E-state index in [9.17, 15) is 29.8 Å². The second-order valence-corrected chi connectivity index (χ2v) is 9.28. The molecule has 0 atom stereocenters. The van der Waals surface area contributed by atoms with Gasteiger partial charge in [0.1, 0.15) is 35.4 Å². The summed E-state index contributed by atoms with van der Waals surface area (Å²) in [6.45, 7) is 29.9. The van der Waals surface area contributed by atoms with E-state index in [1.807, 2.05) is 0 Å². The SMILES string of the molecule is [C-]#[N+]C1=C(c2cc(F)c([N+]#[C-])cc2F)/C(=C(/C#N)[N+]#[C-])c2c(F)c3c(c(F)c21)C(C#N)=C(c1cc(F)ncc1C#N)/C3=C(\C#N)[N+]#[C-]. The third-order valence-electron chi connectivity index (χ3n) is 7.17. The number of fused-ring (bicyclic) bond motifs is 2. The van der Waals surface area contributed by atoms with Gasteiger partial charge in [-0.05, 0) is 23.3 Å². The van der Waals surface area contributed by atoms with E-state index < -0.39 is 119 Å². The number of pyridine rings is 1. The maximum atomic E-state index is 17.1. The number of rotatable bonds is 2. The fraction of sp³-hybridized carbons (Fsp3) is 0. The van der Waals surface area contributed by atoms with Gasteiger partial charge in [-0.25, -0.2) is 52.4 Å². The van der Waals surface area contributed by atoms with Gasteiger partial charge in [-0.3, -0.25) is 0 Å². The summed E-state index contributed by atoms with van der Waals surface area (Å²) in [4.78, 5) is 15.4. The molecule has 2 aliphatic carbocycles. The molecule has 0 amide bonds. The molecule has 216 valence electrons. The smallest absolute Gasteiger partial charge is 0.237 e. The lowest BCUT2D eigenvalue weighted by Gasteiger charge is -2.16. The predicted molar refractivity (Wildman–Crippen MR) is 152 cm³/mol. The summed E-state index contributed by atoms with van der Waals surface area (Å²) in [5.41, 5.74) is -12.9. The molecular weight excluding hydrogens is 617 g/mol. The molecule has 0 radical (unpaired) electrons. The van der Waals surface area contributed by atoms with Crippen LogP contribution in [0.4, 0.5) is 27.6 Å². The van der Waals surface area contributed by atoms with E-state index in [1.165, 1.54) is 12.1 Å². The number of hydrogen-bond acceptors (Lipinski definition) is 5. The van der Waals surface area contributed by atoms with Crippen LogP contribution in [-0.4, -0.2) is 4.98 Å². The molecule has 0 fully saturated rings. The summed E-state index contributed by atoms with van der Waals surface area (Å²) in [5, 5.41) is 39.5. The minimum Gasteiger partial charge on any atom is -0.237 e. The number of hydrogen-bond donors (Lipinski definition) is 0. The first kappa shape index (κ1) is 30.6. The van der Waals surface area contributed by atoms with Crippen LogP contribution in [0.25, 0.3) is 52.9 Å². The van der Waals surface area contributed by atoms with E-state index in [4.69, 9.17) is 26.3 Å². The maximum absolute atomic E-state index is 17.1. The van der Waals surface area contributed by atoms with Crippen LogP contribution >= 0.6 is 0 Å². The third kappa shape index (κ3) is 4.18. The van der Waals surface area contributed by atoms with Crippen molar-refractivity contribution in [2.24, 2.45) is 0 Å². The first-order valence-corrected chi connectivity index (χ1v) is 12.4. The molecule has 14 heteroatoms. The van der Waals surface area contributed by atoms with E-state index in [0.29, 0.717) is 18.2 Å². The van der Waals surface area contributed by atoms with Crippen LogP contribution in [-0.2, 0) is 0 Å². The van der Waals surface area contributed by atoms with Crippen molar-refractivity contribution in [1.82, 2.24) is 4.98 Å². The molecule has 1 aromatic heterocycles. The molecule has 0 spiro atoms. The number of nitrogens with zero attached hydrogens (tertiary/aromatic N) is 9. The van der Waals surface area contributed by atoms with E-state index in [0.717, 1.165) is 6.20 Å². The molecular formula is C33H4F5N9. The average molecular weight is 621 g/mol. The lowest BCUT2D eigenvalue weighted by atomic mass is 9.89. The maximum Gasteiger partial charge on any atom is 0.270 e. The molecule has 2 aliphatic rings. The molecule has 47 heavy (non-hydrogen) atoms. The summed E-state index contributed by atoms with van der Waals surface area (Å²) < 4.78 is 78.5. The lowest BCUT2D eigenvalue weighted by Crippen LogP contribution is -2.05. The average Bonchev–Trinajstić information content (AvgIpc) is 3.60. The highest BCUT2D eigenvalue weighted by molar-refractivity contribution is 6.29. The Kier molecular flexibility index (Phi) is 7.36. The van der Waals surface area contributed by atoms with Crippen molar-refractivity contribution in [3.05, 3.63) is 150 Å². The Morgan fingerprint density at radius 2 is 1.26 bits per heavy atom. The Bertz CT molecular complexity index is 2520. The van der Waals surface area contributed by atoms with Gasteiger partial charge in [-0.15, -0.1) is 0 Å². The molecule has 3 aromatic rings. The second-order valence-electron chi connectivity index (χ2n) is 9.28. The van der Waals surface area contributed by atoms with Crippen molar-refractivity contribution in [2.45, 2.75) is 0 Å². The number of nitriles is 4. The van der Waals surface area contributed by atoms with Crippen molar-refractivity contribution in [2.75, 3.05) is 0 Å². The Balaban J connectivity index is 2.08. The van der Waals surface area contributed by atoms with Crippen LogP contribution in [0, 0.1) is 101 Å². The second kappa shape index (κ2) is 11.3. The van der Waals surface area contributed by atoms with Gasteiger partial charge in [-0.1, -0.05) is 0 Å². The largest absolute Gasteiger partial charge is 0.270 e. The minimum absolute atomic E-state index is 0.417. The van der Waals surface area contributed by atoms with E-state index in [-0.39, 0.29) is 0 Å². The first-order valence-electron chi connectivity index (χ1n) is 12.4. The van der Waals surface area contributed by atoms with Crippen LogP contribution < -0.4 is 0 Å². The molecule has 2 aromatic carbocycles. The zero-order valence-electron chi connectivity index (χ0n) is 22.7. The molecule has 0 N–H and O–H groups in total. The van der Waals surface area contributed by atoms with Crippen LogP contribution in [0.1, 0.15) is 38.9 Å². The molecule has 0 bridgehead atoms. The summed E-state index contributed by atoms with van der Waals surface area (Å²) >= 11 is 0. The molecule has 0 aliphatic heterocycles. The monoisotopic (exact) mass is 621 g/mol. The third-order valence-corrected chi connectivity index (χ3v) is 7.17. The number of benzene rings is 2. The van der Waals surface area contributed by atoms with Crippen LogP contribution in [0.2, 0.25) is 0 Å². The van der Waals surface area contributed by atoms with Gasteiger partial charge >= 0.3 is 0 Å². The van der Waals surface area contributed by atoms with Gasteiger partial charge in [0.15, 0.2) is 0 Å². The normalized spacial score (nSPS) is 14.7. The van der Waals surface area contributed by atoms with Crippen molar-refractivity contribution < 1.29 is 22.0 Å². The van der Waals surface area contributed by atoms with Gasteiger partial charge in [0.25, 0.3) is 11.4 Å². The fourth-order valence-electron chi connectivity index (χ4n) is 5.40. The summed E-state index contributed by atoms with van der Waals surface area (Å²) in [7, 11) is 0. The standard InChI is InChI=1S/C33H4F5N9/c1-43-19-7-17(34)15(5-18(19)35)25-27(21(11-42)45-3)29-30(33(25)46-4)31(37)24-16(9-40)23(14-6-22(36)47-12-13(14)8-39)26(20(10-41)44-2)28(24)32(29)38/h5-7,12H/b26-20-,27-21+. The summed E-state index contributed by atoms with van der Waals surface area (Å²) in [6.07, 6.45) is 0.749. The lowest BCUT2D eigenvalue weighted by molar-refractivity contribution is 0.583. The highest BCUT2D eigenvalue weighted by atomic mass is 19.1. The molecule has 1 heterocycles. The quantitative estimate of drug-likeness (QED) is 0.125.